The highest BCUT2D eigenvalue weighted by Gasteiger charge is 2.50. The lowest BCUT2D eigenvalue weighted by Gasteiger charge is -2.19. The second-order valence-electron chi connectivity index (χ2n) is 6.56. The minimum atomic E-state index is -4.84. The number of nitrogen functional groups attached to an aromatic ring is 1. The monoisotopic (exact) mass is 465 g/mol. The second-order valence-corrected chi connectivity index (χ2v) is 6.95. The van der Waals surface area contributed by atoms with Gasteiger partial charge in [-0.1, -0.05) is 11.6 Å². The standard InChI is InChI=1S/C16H10ClF6N7O/c17-10-3-12-25-4-8-13(30(12)28-10)7(15(18,19)20)5-29(8)14(31)26-6-1-9(16(21,22)23)27-11(24)2-6/h1-4,7H,5H2,(H3,24,26,27,31). The molecule has 2 amide bonds. The topological polar surface area (TPSA) is 101 Å². The average Bonchev–Trinajstić information content (AvgIpc) is 3.19. The van der Waals surface area contributed by atoms with Crippen LogP contribution in [0.2, 0.25) is 5.15 Å². The van der Waals surface area contributed by atoms with Crippen LogP contribution in [-0.2, 0) is 6.18 Å². The number of fused-ring (bicyclic) bond motifs is 3. The van der Waals surface area contributed by atoms with Gasteiger partial charge in [-0.15, -0.1) is 0 Å². The van der Waals surface area contributed by atoms with E-state index in [-0.39, 0.29) is 22.2 Å². The van der Waals surface area contributed by atoms with E-state index >= 15 is 0 Å². The molecule has 0 aromatic carbocycles. The van der Waals surface area contributed by atoms with Gasteiger partial charge in [0.25, 0.3) is 0 Å². The normalized spacial score (nSPS) is 16.6. The van der Waals surface area contributed by atoms with E-state index < -0.39 is 48.0 Å². The van der Waals surface area contributed by atoms with E-state index in [1.165, 1.54) is 6.07 Å². The fourth-order valence-corrected chi connectivity index (χ4v) is 3.40. The molecule has 0 bridgehead atoms. The van der Waals surface area contributed by atoms with Gasteiger partial charge in [0.2, 0.25) is 0 Å². The maximum Gasteiger partial charge on any atom is 0.433 e. The largest absolute Gasteiger partial charge is 0.433 e. The zero-order chi connectivity index (χ0) is 22.7. The highest BCUT2D eigenvalue weighted by Crippen LogP contribution is 2.45. The fraction of sp³-hybridized carbons (Fsp3) is 0.250. The quantitative estimate of drug-likeness (QED) is 0.527. The third kappa shape index (κ3) is 3.78. The van der Waals surface area contributed by atoms with Crippen LogP contribution in [0.3, 0.4) is 0 Å². The Hall–Kier alpha value is -3.29. The number of nitrogens with two attached hydrogens (primary N) is 1. The highest BCUT2D eigenvalue weighted by molar-refractivity contribution is 6.29. The molecule has 3 aromatic rings. The van der Waals surface area contributed by atoms with Crippen LogP contribution in [0.4, 0.5) is 48.3 Å². The van der Waals surface area contributed by atoms with Crippen LogP contribution in [0.1, 0.15) is 17.3 Å². The zero-order valence-electron chi connectivity index (χ0n) is 15.0. The summed E-state index contributed by atoms with van der Waals surface area (Å²) < 4.78 is 80.7. The number of urea groups is 1. The molecule has 0 saturated heterocycles. The molecule has 15 heteroatoms. The number of pyridine rings is 1. The van der Waals surface area contributed by atoms with Gasteiger partial charge in [0, 0.05) is 24.4 Å². The summed E-state index contributed by atoms with van der Waals surface area (Å²) in [6.07, 6.45) is -8.55. The molecule has 0 radical (unpaired) electrons. The van der Waals surface area contributed by atoms with Crippen LogP contribution in [0.25, 0.3) is 5.65 Å². The number of amides is 2. The van der Waals surface area contributed by atoms with Crippen molar-refractivity contribution in [1.29, 1.82) is 0 Å². The molecule has 164 valence electrons. The van der Waals surface area contributed by atoms with Crippen molar-refractivity contribution < 1.29 is 31.1 Å². The molecule has 0 fully saturated rings. The predicted molar refractivity (Wildman–Crippen MR) is 96.8 cm³/mol. The fourth-order valence-electron chi connectivity index (χ4n) is 3.23. The van der Waals surface area contributed by atoms with Gasteiger partial charge in [-0.05, 0) is 6.07 Å². The molecule has 0 aliphatic carbocycles. The number of nitrogens with one attached hydrogen (secondary N) is 1. The Balaban J connectivity index is 1.73. The summed E-state index contributed by atoms with van der Waals surface area (Å²) in [7, 11) is 0. The van der Waals surface area contributed by atoms with Crippen molar-refractivity contribution in [2.45, 2.75) is 18.3 Å². The molecule has 1 unspecified atom stereocenters. The van der Waals surface area contributed by atoms with Crippen molar-refractivity contribution >= 4 is 40.5 Å². The van der Waals surface area contributed by atoms with Gasteiger partial charge < -0.3 is 11.1 Å². The van der Waals surface area contributed by atoms with Crippen LogP contribution < -0.4 is 16.0 Å². The molecule has 31 heavy (non-hydrogen) atoms. The average molecular weight is 466 g/mol. The van der Waals surface area contributed by atoms with Gasteiger partial charge in [0.05, 0.1) is 17.6 Å². The number of hydrogen-bond acceptors (Lipinski definition) is 5. The van der Waals surface area contributed by atoms with Gasteiger partial charge in [0.15, 0.2) is 10.8 Å². The molecule has 8 nitrogen and oxygen atoms in total. The molecule has 1 aliphatic rings. The molecule has 0 saturated carbocycles. The summed E-state index contributed by atoms with van der Waals surface area (Å²) in [5.74, 6) is -2.65. The van der Waals surface area contributed by atoms with Crippen LogP contribution in [-0.4, -0.2) is 38.3 Å². The summed E-state index contributed by atoms with van der Waals surface area (Å²) in [5.41, 5.74) is 3.04. The highest BCUT2D eigenvalue weighted by atomic mass is 35.5. The van der Waals surface area contributed by atoms with Crippen LogP contribution >= 0.6 is 11.6 Å². The lowest BCUT2D eigenvalue weighted by Crippen LogP contribution is -2.36. The Labute approximate surface area is 173 Å². The molecular formula is C16H10ClF6N7O. The predicted octanol–water partition coefficient (Wildman–Crippen LogP) is 4.08. The first kappa shape index (κ1) is 21.0. The summed E-state index contributed by atoms with van der Waals surface area (Å²) in [5, 5.41) is 5.81. The lowest BCUT2D eigenvalue weighted by molar-refractivity contribution is -0.147. The minimum Gasteiger partial charge on any atom is -0.384 e. The van der Waals surface area contributed by atoms with E-state index in [0.717, 1.165) is 16.8 Å². The molecule has 0 spiro atoms. The second kappa shape index (κ2) is 6.87. The van der Waals surface area contributed by atoms with Gasteiger partial charge in [-0.25, -0.2) is 19.3 Å². The number of nitrogens with zero attached hydrogens (tertiary/aromatic N) is 5. The van der Waals surface area contributed by atoms with Gasteiger partial charge in [-0.3, -0.25) is 4.90 Å². The summed E-state index contributed by atoms with van der Waals surface area (Å²) in [4.78, 5) is 20.5. The first-order valence-electron chi connectivity index (χ1n) is 8.39. The lowest BCUT2D eigenvalue weighted by atomic mass is 10.1. The Morgan fingerprint density at radius 1 is 1.19 bits per heavy atom. The van der Waals surface area contributed by atoms with Gasteiger partial charge in [-0.2, -0.15) is 31.4 Å². The van der Waals surface area contributed by atoms with Crippen LogP contribution in [0.15, 0.2) is 24.4 Å². The molecule has 3 aromatic heterocycles. The minimum absolute atomic E-state index is 0.0389. The maximum absolute atomic E-state index is 13.7. The summed E-state index contributed by atoms with van der Waals surface area (Å²) >= 11 is 5.76. The summed E-state index contributed by atoms with van der Waals surface area (Å²) in [6.45, 7) is -0.838. The van der Waals surface area contributed by atoms with Crippen LogP contribution in [0, 0.1) is 0 Å². The van der Waals surface area contributed by atoms with Crippen molar-refractivity contribution in [3.05, 3.63) is 40.9 Å². The van der Waals surface area contributed by atoms with Crippen LogP contribution in [0.5, 0.6) is 0 Å². The maximum atomic E-state index is 13.7. The van der Waals surface area contributed by atoms with E-state index in [1.54, 1.807) is 0 Å². The van der Waals surface area contributed by atoms with Crippen molar-refractivity contribution in [2.24, 2.45) is 0 Å². The number of halogens is 7. The van der Waals surface area contributed by atoms with Gasteiger partial charge >= 0.3 is 18.4 Å². The van der Waals surface area contributed by atoms with Crippen molar-refractivity contribution in [3.8, 4) is 0 Å². The summed E-state index contributed by atoms with van der Waals surface area (Å²) in [6, 6.07) is 1.59. The molecular weight excluding hydrogens is 456 g/mol. The third-order valence-corrected chi connectivity index (χ3v) is 4.67. The molecule has 4 heterocycles. The molecule has 1 aliphatic heterocycles. The number of hydrogen-bond donors (Lipinski definition) is 2. The Morgan fingerprint density at radius 3 is 2.55 bits per heavy atom. The van der Waals surface area contributed by atoms with Gasteiger partial charge in [0.1, 0.15) is 17.4 Å². The number of aromatic nitrogens is 4. The van der Waals surface area contributed by atoms with E-state index in [9.17, 15) is 31.1 Å². The molecule has 4 rings (SSSR count). The van der Waals surface area contributed by atoms with Crippen molar-refractivity contribution in [1.82, 2.24) is 19.6 Å². The molecule has 1 atom stereocenters. The Kier molecular flexibility index (Phi) is 4.64. The number of anilines is 3. The number of alkyl halides is 6. The SMILES string of the molecule is Nc1cc(NC(=O)N2CC(C(F)(F)F)c3c2cnc2cc(Cl)nn32)cc(C(F)(F)F)n1. The zero-order valence-corrected chi connectivity index (χ0v) is 15.7. The smallest absolute Gasteiger partial charge is 0.384 e. The number of carbonyl (C=O) groups is 1. The van der Waals surface area contributed by atoms with Crippen molar-refractivity contribution in [2.75, 3.05) is 22.5 Å². The van der Waals surface area contributed by atoms with E-state index in [0.29, 0.717) is 11.0 Å². The first-order valence-corrected chi connectivity index (χ1v) is 8.76. The first-order chi connectivity index (χ1) is 14.3. The Morgan fingerprint density at radius 2 is 1.90 bits per heavy atom. The van der Waals surface area contributed by atoms with E-state index in [1.807, 2.05) is 0 Å². The molecule has 3 N–H and O–H groups in total. The Bertz CT molecular complexity index is 1190. The number of rotatable bonds is 1. The van der Waals surface area contributed by atoms with E-state index in [2.05, 4.69) is 20.4 Å². The van der Waals surface area contributed by atoms with Crippen molar-refractivity contribution in [3.63, 3.8) is 0 Å². The number of carbonyl (C=O) groups excluding carboxylic acids is 1. The van der Waals surface area contributed by atoms with E-state index in [4.69, 9.17) is 17.3 Å². The third-order valence-electron chi connectivity index (χ3n) is 4.48.